The Balaban J connectivity index is 0.000000184. The average Bonchev–Trinajstić information content (AvgIpc) is 2.31. The van der Waals surface area contributed by atoms with Crippen LogP contribution in [-0.4, -0.2) is 0 Å². The van der Waals surface area contributed by atoms with E-state index in [2.05, 4.69) is 31.9 Å². The molecule has 0 bridgehead atoms. The first kappa shape index (κ1) is 15.2. The van der Waals surface area contributed by atoms with Gasteiger partial charge in [-0.25, -0.2) is 17.6 Å². The molecule has 0 aromatic heterocycles. The lowest BCUT2D eigenvalue weighted by Crippen LogP contribution is -1.82. The highest BCUT2D eigenvalue weighted by Gasteiger charge is 2.04. The molecular weight excluding hydrogens is 380 g/mol. The molecule has 0 N–H and O–H groups in total. The van der Waals surface area contributed by atoms with Crippen LogP contribution in [0.3, 0.4) is 0 Å². The first-order valence-corrected chi connectivity index (χ1v) is 6.20. The normalized spacial score (nSPS) is 9.67. The number of hydrogen-bond acceptors (Lipinski definition) is 0. The minimum Gasteiger partial charge on any atom is -0.204 e. The summed E-state index contributed by atoms with van der Waals surface area (Å²) in [5, 5.41) is 0. The van der Waals surface area contributed by atoms with E-state index < -0.39 is 23.3 Å². The smallest absolute Gasteiger partial charge is 0.160 e. The van der Waals surface area contributed by atoms with Crippen molar-refractivity contribution in [1.82, 2.24) is 0 Å². The van der Waals surface area contributed by atoms with E-state index in [1.165, 1.54) is 12.1 Å². The topological polar surface area (TPSA) is 0 Å². The van der Waals surface area contributed by atoms with Crippen LogP contribution < -0.4 is 0 Å². The Labute approximate surface area is 118 Å². The zero-order chi connectivity index (χ0) is 13.7. The molecule has 0 spiro atoms. The average molecular weight is 386 g/mol. The summed E-state index contributed by atoms with van der Waals surface area (Å²) in [6.45, 7) is 0. The molecule has 2 rings (SSSR count). The second-order valence-electron chi connectivity index (χ2n) is 3.09. The van der Waals surface area contributed by atoms with E-state index in [-0.39, 0.29) is 0 Å². The molecule has 0 atom stereocenters. The number of benzene rings is 2. The van der Waals surface area contributed by atoms with E-state index in [9.17, 15) is 17.6 Å². The van der Waals surface area contributed by atoms with Gasteiger partial charge in [0.05, 0.1) is 0 Å². The van der Waals surface area contributed by atoms with Crippen LogP contribution in [-0.2, 0) is 0 Å². The summed E-state index contributed by atoms with van der Waals surface area (Å²) in [6, 6.07) is 7.18. The standard InChI is InChI=1S/C6H2Br2F2.C6H4F2/c7-3-1-5(9)6(10)2-4(3)8;7-5-3-1-2-4-6(5)8/h1-2H;1-4H. The molecule has 18 heavy (non-hydrogen) atoms. The van der Waals surface area contributed by atoms with Gasteiger partial charge >= 0.3 is 0 Å². The van der Waals surface area contributed by atoms with E-state index in [1.807, 2.05) is 0 Å². The van der Waals surface area contributed by atoms with Crippen molar-refractivity contribution in [3.63, 3.8) is 0 Å². The third-order valence-electron chi connectivity index (χ3n) is 1.79. The molecule has 0 saturated heterocycles. The predicted molar refractivity (Wildman–Crippen MR) is 68.1 cm³/mol. The Morgan fingerprint density at radius 1 is 0.611 bits per heavy atom. The molecule has 0 fully saturated rings. The Morgan fingerprint density at radius 2 is 0.944 bits per heavy atom. The third-order valence-corrected chi connectivity index (χ3v) is 3.63. The third kappa shape index (κ3) is 4.42. The van der Waals surface area contributed by atoms with Crippen molar-refractivity contribution in [2.45, 2.75) is 0 Å². The summed E-state index contributed by atoms with van der Waals surface area (Å²) < 4.78 is 49.6. The summed E-state index contributed by atoms with van der Waals surface area (Å²) in [7, 11) is 0. The van der Waals surface area contributed by atoms with E-state index >= 15 is 0 Å². The fourth-order valence-corrected chi connectivity index (χ4v) is 1.57. The first-order chi connectivity index (χ1) is 8.41. The molecule has 0 aliphatic carbocycles. The highest BCUT2D eigenvalue weighted by atomic mass is 79.9. The SMILES string of the molecule is Fc1cc(Br)c(Br)cc1F.Fc1ccccc1F. The predicted octanol–water partition coefficient (Wildman–Crippen LogP) is 5.45. The Bertz CT molecular complexity index is 472. The van der Waals surface area contributed by atoms with Gasteiger partial charge < -0.3 is 0 Å². The van der Waals surface area contributed by atoms with E-state index in [0.29, 0.717) is 8.95 Å². The number of hydrogen-bond donors (Lipinski definition) is 0. The largest absolute Gasteiger partial charge is 0.204 e. The summed E-state index contributed by atoms with van der Waals surface area (Å²) in [6.07, 6.45) is 0. The summed E-state index contributed by atoms with van der Waals surface area (Å²) >= 11 is 6.05. The summed E-state index contributed by atoms with van der Waals surface area (Å²) in [5.41, 5.74) is 0. The fraction of sp³-hybridized carbons (Fsp3) is 0. The Hall–Kier alpha value is -0.880. The van der Waals surface area contributed by atoms with Crippen molar-refractivity contribution < 1.29 is 17.6 Å². The lowest BCUT2D eigenvalue weighted by atomic mass is 10.3. The Morgan fingerprint density at radius 3 is 1.22 bits per heavy atom. The van der Waals surface area contributed by atoms with Crippen LogP contribution in [0.5, 0.6) is 0 Å². The van der Waals surface area contributed by atoms with Crippen LogP contribution in [0.2, 0.25) is 0 Å². The minimum atomic E-state index is -0.852. The van der Waals surface area contributed by atoms with Crippen LogP contribution in [0, 0.1) is 23.3 Å². The van der Waals surface area contributed by atoms with Crippen molar-refractivity contribution >= 4 is 31.9 Å². The monoisotopic (exact) mass is 384 g/mol. The van der Waals surface area contributed by atoms with Crippen LogP contribution in [0.25, 0.3) is 0 Å². The summed E-state index contributed by atoms with van der Waals surface area (Å²) in [5.74, 6) is -3.30. The molecular formula is C12H6Br2F4. The van der Waals surface area contributed by atoms with E-state index in [4.69, 9.17) is 0 Å². The fourth-order valence-electron chi connectivity index (χ4n) is 0.938. The molecule has 0 unspecified atom stereocenters. The highest BCUT2D eigenvalue weighted by molar-refractivity contribution is 9.13. The van der Waals surface area contributed by atoms with Gasteiger partial charge in [-0.3, -0.25) is 0 Å². The molecule has 2 aromatic carbocycles. The zero-order valence-electron chi connectivity index (χ0n) is 8.73. The molecule has 96 valence electrons. The Kier molecular flexibility index (Phi) is 5.81. The quantitative estimate of drug-likeness (QED) is 0.417. The molecule has 0 aliphatic rings. The minimum absolute atomic E-state index is 0.506. The van der Waals surface area contributed by atoms with Crippen LogP contribution in [0.15, 0.2) is 45.3 Å². The molecule has 2 aromatic rings. The molecule has 0 aliphatic heterocycles. The van der Waals surface area contributed by atoms with Gasteiger partial charge in [0.2, 0.25) is 0 Å². The summed E-state index contributed by atoms with van der Waals surface area (Å²) in [4.78, 5) is 0. The molecule has 0 nitrogen and oxygen atoms in total. The lowest BCUT2D eigenvalue weighted by Gasteiger charge is -1.95. The zero-order valence-corrected chi connectivity index (χ0v) is 11.9. The maximum atomic E-state index is 12.3. The molecule has 0 radical (unpaired) electrons. The van der Waals surface area contributed by atoms with Gasteiger partial charge in [0.25, 0.3) is 0 Å². The van der Waals surface area contributed by atoms with Crippen molar-refractivity contribution in [2.75, 3.05) is 0 Å². The molecule has 6 heteroatoms. The van der Waals surface area contributed by atoms with Gasteiger partial charge in [-0.1, -0.05) is 12.1 Å². The van der Waals surface area contributed by atoms with Crippen molar-refractivity contribution in [3.8, 4) is 0 Å². The van der Waals surface area contributed by atoms with Crippen molar-refractivity contribution in [1.29, 1.82) is 0 Å². The van der Waals surface area contributed by atoms with E-state index in [1.54, 1.807) is 0 Å². The maximum Gasteiger partial charge on any atom is 0.160 e. The lowest BCUT2D eigenvalue weighted by molar-refractivity contribution is 0.507. The number of halogens is 6. The van der Waals surface area contributed by atoms with Crippen LogP contribution >= 0.6 is 31.9 Å². The maximum absolute atomic E-state index is 12.3. The first-order valence-electron chi connectivity index (χ1n) is 4.62. The number of rotatable bonds is 0. The second-order valence-corrected chi connectivity index (χ2v) is 4.80. The van der Waals surface area contributed by atoms with Crippen molar-refractivity contribution in [2.24, 2.45) is 0 Å². The second kappa shape index (κ2) is 6.89. The van der Waals surface area contributed by atoms with Crippen LogP contribution in [0.4, 0.5) is 17.6 Å². The van der Waals surface area contributed by atoms with Gasteiger partial charge in [-0.15, -0.1) is 0 Å². The van der Waals surface area contributed by atoms with Gasteiger partial charge in [-0.2, -0.15) is 0 Å². The highest BCUT2D eigenvalue weighted by Crippen LogP contribution is 2.24. The van der Waals surface area contributed by atoms with E-state index in [0.717, 1.165) is 24.3 Å². The van der Waals surface area contributed by atoms with Gasteiger partial charge in [-0.05, 0) is 56.1 Å². The van der Waals surface area contributed by atoms with Crippen molar-refractivity contribution in [3.05, 3.63) is 68.6 Å². The van der Waals surface area contributed by atoms with Crippen LogP contribution in [0.1, 0.15) is 0 Å². The van der Waals surface area contributed by atoms with Gasteiger partial charge in [0.1, 0.15) is 0 Å². The van der Waals surface area contributed by atoms with Gasteiger partial charge in [0, 0.05) is 8.95 Å². The molecule has 0 saturated carbocycles. The van der Waals surface area contributed by atoms with Gasteiger partial charge in [0.15, 0.2) is 23.3 Å². The molecule has 0 amide bonds. The molecule has 0 heterocycles.